The molecule has 2 aromatic carbocycles. The fourth-order valence-corrected chi connectivity index (χ4v) is 3.44. The molecule has 0 bridgehead atoms. The maximum atomic E-state index is 12.7. The smallest absolute Gasteiger partial charge is 0.392 e. The average molecular weight is 469 g/mol. The van der Waals surface area contributed by atoms with Crippen molar-refractivity contribution in [1.29, 1.82) is 0 Å². The van der Waals surface area contributed by atoms with Crippen LogP contribution in [0.2, 0.25) is 10.0 Å². The number of alkyl halides is 3. The first kappa shape index (κ1) is 21.2. The predicted molar refractivity (Wildman–Crippen MR) is 112 cm³/mol. The van der Waals surface area contributed by atoms with Gasteiger partial charge in [-0.3, -0.25) is 0 Å². The van der Waals surface area contributed by atoms with E-state index in [4.69, 9.17) is 23.2 Å². The van der Waals surface area contributed by atoms with Crippen molar-refractivity contribution in [2.75, 3.05) is 10.6 Å². The number of rotatable bonds is 5. The zero-order valence-corrected chi connectivity index (χ0v) is 16.9. The topological polar surface area (TPSA) is 98.8 Å². The van der Waals surface area contributed by atoms with E-state index in [1.54, 1.807) is 12.1 Å². The van der Waals surface area contributed by atoms with Gasteiger partial charge in [0.25, 0.3) is 0 Å². The van der Waals surface area contributed by atoms with Gasteiger partial charge in [0.05, 0.1) is 27.9 Å². The highest BCUT2D eigenvalue weighted by molar-refractivity contribution is 6.39. The summed E-state index contributed by atoms with van der Waals surface area (Å²) in [6, 6.07) is 7.66. The van der Waals surface area contributed by atoms with Crippen LogP contribution in [0.15, 0.2) is 42.7 Å². The Morgan fingerprint density at radius 2 is 1.68 bits per heavy atom. The molecule has 0 saturated carbocycles. The summed E-state index contributed by atoms with van der Waals surface area (Å²) >= 11 is 12.5. The molecule has 160 valence electrons. The lowest BCUT2D eigenvalue weighted by Gasteiger charge is -2.09. The molecule has 0 amide bonds. The molecule has 0 atom stereocenters. The summed E-state index contributed by atoms with van der Waals surface area (Å²) in [4.78, 5) is 15.6. The zero-order chi connectivity index (χ0) is 22.2. The summed E-state index contributed by atoms with van der Waals surface area (Å²) < 4.78 is 38.2. The van der Waals surface area contributed by atoms with Crippen LogP contribution in [-0.4, -0.2) is 25.0 Å². The molecule has 4 aromatic rings. The number of aromatic nitrogens is 4. The van der Waals surface area contributed by atoms with E-state index in [0.29, 0.717) is 33.9 Å². The first-order valence-electron chi connectivity index (χ1n) is 8.75. The molecule has 4 rings (SSSR count). The van der Waals surface area contributed by atoms with Crippen molar-refractivity contribution in [3.8, 4) is 0 Å². The van der Waals surface area contributed by atoms with Crippen molar-refractivity contribution >= 4 is 57.5 Å². The standard InChI is InChI=1S/C19H13Cl2F3N6O/c20-12-5-9(7-31)6-13(21)14(12)28-18-29-15-16(25-8-26-17(15)30-18)27-11-3-1-10(2-4-11)19(22,23)24/h1-6,8,31H,7H2,(H3,25,26,27,28,29,30). The van der Waals surface area contributed by atoms with E-state index >= 15 is 0 Å². The van der Waals surface area contributed by atoms with E-state index in [9.17, 15) is 18.3 Å². The van der Waals surface area contributed by atoms with Gasteiger partial charge in [0.15, 0.2) is 17.0 Å². The third-order valence-corrected chi connectivity index (χ3v) is 4.88. The molecule has 0 aliphatic rings. The summed E-state index contributed by atoms with van der Waals surface area (Å²) in [6.45, 7) is -0.209. The lowest BCUT2D eigenvalue weighted by molar-refractivity contribution is -0.137. The van der Waals surface area contributed by atoms with Crippen LogP contribution in [-0.2, 0) is 12.8 Å². The highest BCUT2D eigenvalue weighted by atomic mass is 35.5. The van der Waals surface area contributed by atoms with Crippen LogP contribution in [0.1, 0.15) is 11.1 Å². The molecule has 0 saturated heterocycles. The van der Waals surface area contributed by atoms with Crippen molar-refractivity contribution in [3.05, 3.63) is 63.9 Å². The molecule has 2 aromatic heterocycles. The van der Waals surface area contributed by atoms with E-state index in [0.717, 1.165) is 12.1 Å². The van der Waals surface area contributed by atoms with Crippen molar-refractivity contribution in [3.63, 3.8) is 0 Å². The molecule has 2 heterocycles. The number of hydrogen-bond donors (Lipinski definition) is 4. The molecular weight excluding hydrogens is 456 g/mol. The zero-order valence-electron chi connectivity index (χ0n) is 15.4. The number of halogens is 5. The molecule has 0 spiro atoms. The van der Waals surface area contributed by atoms with E-state index in [1.807, 2.05) is 0 Å². The molecular formula is C19H13Cl2F3N6O. The number of fused-ring (bicyclic) bond motifs is 1. The molecule has 0 unspecified atom stereocenters. The van der Waals surface area contributed by atoms with Gasteiger partial charge < -0.3 is 20.7 Å². The van der Waals surface area contributed by atoms with Gasteiger partial charge in [0, 0.05) is 5.69 Å². The van der Waals surface area contributed by atoms with Crippen LogP contribution < -0.4 is 10.6 Å². The number of anilines is 4. The molecule has 4 N–H and O–H groups in total. The Hall–Kier alpha value is -3.08. The number of aliphatic hydroxyl groups is 1. The van der Waals surface area contributed by atoms with Crippen LogP contribution in [0.4, 0.5) is 36.3 Å². The van der Waals surface area contributed by atoms with E-state index in [1.165, 1.54) is 18.5 Å². The number of imidazole rings is 1. The van der Waals surface area contributed by atoms with Gasteiger partial charge in [0.1, 0.15) is 6.33 Å². The Bertz CT molecular complexity index is 1220. The Morgan fingerprint density at radius 3 is 2.29 bits per heavy atom. The SMILES string of the molecule is OCc1cc(Cl)c(Nc2nc3c(Nc4ccc(C(F)(F)F)cc4)ncnc3[nH]2)c(Cl)c1. The maximum absolute atomic E-state index is 12.7. The van der Waals surface area contributed by atoms with Gasteiger partial charge in [-0.25, -0.2) is 15.0 Å². The molecule has 0 fully saturated rings. The number of nitrogens with one attached hydrogen (secondary N) is 3. The third-order valence-electron chi connectivity index (χ3n) is 4.29. The molecule has 0 aliphatic carbocycles. The van der Waals surface area contributed by atoms with E-state index in [-0.39, 0.29) is 22.6 Å². The van der Waals surface area contributed by atoms with Gasteiger partial charge in [-0.1, -0.05) is 23.2 Å². The number of benzene rings is 2. The first-order chi connectivity index (χ1) is 14.7. The largest absolute Gasteiger partial charge is 0.416 e. The highest BCUT2D eigenvalue weighted by Gasteiger charge is 2.30. The van der Waals surface area contributed by atoms with Gasteiger partial charge in [-0.2, -0.15) is 13.2 Å². The number of aromatic amines is 1. The van der Waals surface area contributed by atoms with Crippen LogP contribution in [0.25, 0.3) is 11.2 Å². The minimum absolute atomic E-state index is 0.209. The maximum Gasteiger partial charge on any atom is 0.416 e. The van der Waals surface area contributed by atoms with Crippen molar-refractivity contribution in [2.45, 2.75) is 12.8 Å². The third kappa shape index (κ3) is 4.50. The van der Waals surface area contributed by atoms with Gasteiger partial charge >= 0.3 is 6.18 Å². The van der Waals surface area contributed by atoms with Gasteiger partial charge in [0.2, 0.25) is 5.95 Å². The highest BCUT2D eigenvalue weighted by Crippen LogP contribution is 2.35. The molecule has 31 heavy (non-hydrogen) atoms. The second kappa shape index (κ2) is 8.22. The number of hydrogen-bond acceptors (Lipinski definition) is 6. The van der Waals surface area contributed by atoms with Crippen LogP contribution >= 0.6 is 23.2 Å². The Balaban J connectivity index is 1.62. The Labute approximate surface area is 183 Å². The monoisotopic (exact) mass is 468 g/mol. The minimum Gasteiger partial charge on any atom is -0.392 e. The summed E-state index contributed by atoms with van der Waals surface area (Å²) in [5, 5.41) is 15.7. The molecule has 7 nitrogen and oxygen atoms in total. The molecule has 12 heteroatoms. The summed E-state index contributed by atoms with van der Waals surface area (Å²) in [6.07, 6.45) is -3.13. The predicted octanol–water partition coefficient (Wildman–Crippen LogP) is 5.66. The quantitative estimate of drug-likeness (QED) is 0.301. The summed E-state index contributed by atoms with van der Waals surface area (Å²) in [5.74, 6) is 0.563. The minimum atomic E-state index is -4.42. The fourth-order valence-electron chi connectivity index (χ4n) is 2.81. The lowest BCUT2D eigenvalue weighted by atomic mass is 10.2. The van der Waals surface area contributed by atoms with Crippen molar-refractivity contribution < 1.29 is 18.3 Å². The fraction of sp³-hybridized carbons (Fsp3) is 0.105. The number of nitrogens with zero attached hydrogens (tertiary/aromatic N) is 3. The first-order valence-corrected chi connectivity index (χ1v) is 9.51. The van der Waals surface area contributed by atoms with Crippen LogP contribution in [0, 0.1) is 0 Å². The van der Waals surface area contributed by atoms with E-state index < -0.39 is 11.7 Å². The van der Waals surface area contributed by atoms with Gasteiger partial charge in [-0.05, 0) is 42.0 Å². The van der Waals surface area contributed by atoms with Gasteiger partial charge in [-0.15, -0.1) is 0 Å². The second-order valence-corrected chi connectivity index (χ2v) is 7.24. The molecule has 0 aliphatic heterocycles. The summed E-state index contributed by atoms with van der Waals surface area (Å²) in [7, 11) is 0. The number of aliphatic hydroxyl groups excluding tert-OH is 1. The van der Waals surface area contributed by atoms with Crippen LogP contribution in [0.3, 0.4) is 0 Å². The Kier molecular flexibility index (Phi) is 5.61. The van der Waals surface area contributed by atoms with Crippen LogP contribution in [0.5, 0.6) is 0 Å². The normalized spacial score (nSPS) is 11.7. The average Bonchev–Trinajstić information content (AvgIpc) is 3.14. The number of H-pyrrole nitrogens is 1. The lowest BCUT2D eigenvalue weighted by Crippen LogP contribution is -2.04. The van der Waals surface area contributed by atoms with Crippen molar-refractivity contribution in [2.24, 2.45) is 0 Å². The van der Waals surface area contributed by atoms with E-state index in [2.05, 4.69) is 30.6 Å². The van der Waals surface area contributed by atoms with Crippen molar-refractivity contribution in [1.82, 2.24) is 19.9 Å². The summed E-state index contributed by atoms with van der Waals surface area (Å²) in [5.41, 5.74) is 1.31. The Morgan fingerprint density at radius 1 is 1.00 bits per heavy atom. The molecule has 0 radical (unpaired) electrons. The second-order valence-electron chi connectivity index (χ2n) is 6.42.